The minimum absolute atomic E-state index is 0.107. The van der Waals surface area contributed by atoms with Gasteiger partial charge in [0, 0.05) is 6.04 Å². The van der Waals surface area contributed by atoms with Crippen LogP contribution in [0, 0.1) is 6.92 Å². The fourth-order valence-electron chi connectivity index (χ4n) is 3.35. The van der Waals surface area contributed by atoms with Crippen molar-refractivity contribution in [1.82, 2.24) is 9.29 Å². The van der Waals surface area contributed by atoms with Crippen molar-refractivity contribution < 1.29 is 8.42 Å². The summed E-state index contributed by atoms with van der Waals surface area (Å²) in [6.07, 6.45) is 0. The van der Waals surface area contributed by atoms with Crippen LogP contribution in [0.3, 0.4) is 0 Å². The summed E-state index contributed by atoms with van der Waals surface area (Å²) in [6, 6.07) is 21.9. The molecule has 0 bridgehead atoms. The highest BCUT2D eigenvalue weighted by Crippen LogP contribution is 2.24. The molecule has 0 aliphatic heterocycles. The molecule has 0 amide bonds. The first kappa shape index (κ1) is 20.5. The minimum atomic E-state index is -3.73. The molecule has 4 aromatic rings. The molecule has 0 saturated carbocycles. The molecule has 1 aromatic heterocycles. The highest BCUT2D eigenvalue weighted by atomic mass is 32.2. The quantitative estimate of drug-likeness (QED) is 0.483. The van der Waals surface area contributed by atoms with E-state index in [2.05, 4.69) is 4.72 Å². The van der Waals surface area contributed by atoms with Gasteiger partial charge in [-0.15, -0.1) is 0 Å². The Balaban J connectivity index is 1.63. The van der Waals surface area contributed by atoms with E-state index in [-0.39, 0.29) is 15.8 Å². The molecule has 0 radical (unpaired) electrons. The van der Waals surface area contributed by atoms with Gasteiger partial charge in [0.05, 0.1) is 21.7 Å². The standard InChI is InChI=1S/C23H22N2O3S2/c1-16-8-10-19(11-9-16)17(2)24-30(27,28)20-12-13-21-22(14-20)29-23(26)25(21)15-18-6-4-3-5-7-18/h3-14,17,24H,15H2,1-2H3/t17-/m0/s1. The van der Waals surface area contributed by atoms with E-state index in [4.69, 9.17) is 0 Å². The van der Waals surface area contributed by atoms with Crippen LogP contribution in [0.2, 0.25) is 0 Å². The van der Waals surface area contributed by atoms with Gasteiger partial charge >= 0.3 is 4.87 Å². The van der Waals surface area contributed by atoms with Gasteiger partial charge in [-0.05, 0) is 43.2 Å². The number of nitrogens with one attached hydrogen (secondary N) is 1. The third-order valence-electron chi connectivity index (χ3n) is 5.04. The smallest absolute Gasteiger partial charge is 0.294 e. The van der Waals surface area contributed by atoms with Gasteiger partial charge in [0.1, 0.15) is 0 Å². The number of hydrogen-bond acceptors (Lipinski definition) is 4. The largest absolute Gasteiger partial charge is 0.308 e. The van der Waals surface area contributed by atoms with Gasteiger partial charge in [-0.25, -0.2) is 13.1 Å². The molecular weight excluding hydrogens is 416 g/mol. The normalized spacial score (nSPS) is 12.9. The van der Waals surface area contributed by atoms with Gasteiger partial charge in [-0.1, -0.05) is 71.5 Å². The van der Waals surface area contributed by atoms with E-state index >= 15 is 0 Å². The van der Waals surface area contributed by atoms with Crippen LogP contribution in [0.25, 0.3) is 10.2 Å². The summed E-state index contributed by atoms with van der Waals surface area (Å²) in [5.74, 6) is 0. The molecule has 0 saturated heterocycles. The molecule has 154 valence electrons. The zero-order chi connectivity index (χ0) is 21.3. The minimum Gasteiger partial charge on any atom is -0.294 e. The van der Waals surface area contributed by atoms with Crippen LogP contribution in [0.1, 0.15) is 29.7 Å². The van der Waals surface area contributed by atoms with Crippen molar-refractivity contribution in [2.75, 3.05) is 0 Å². The zero-order valence-electron chi connectivity index (χ0n) is 16.7. The molecule has 1 heterocycles. The van der Waals surface area contributed by atoms with Crippen molar-refractivity contribution in [3.63, 3.8) is 0 Å². The van der Waals surface area contributed by atoms with Gasteiger partial charge in [0.25, 0.3) is 0 Å². The van der Waals surface area contributed by atoms with Crippen LogP contribution < -0.4 is 9.60 Å². The van der Waals surface area contributed by atoms with Crippen LogP contribution in [-0.4, -0.2) is 13.0 Å². The SMILES string of the molecule is Cc1ccc([C@H](C)NS(=O)(=O)c2ccc3c(c2)sc(=O)n3Cc2ccccc2)cc1. The number of sulfonamides is 1. The molecule has 7 heteroatoms. The lowest BCUT2D eigenvalue weighted by molar-refractivity contribution is 0.567. The van der Waals surface area contributed by atoms with Crippen molar-refractivity contribution in [3.8, 4) is 0 Å². The van der Waals surface area contributed by atoms with E-state index in [0.717, 1.165) is 33.5 Å². The summed E-state index contributed by atoms with van der Waals surface area (Å²) in [5, 5.41) is 0. The fraction of sp³-hybridized carbons (Fsp3) is 0.174. The number of nitrogens with zero attached hydrogens (tertiary/aromatic N) is 1. The van der Waals surface area contributed by atoms with Crippen molar-refractivity contribution in [3.05, 3.63) is 99.2 Å². The predicted octanol–water partition coefficient (Wildman–Crippen LogP) is 4.46. The lowest BCUT2D eigenvalue weighted by Crippen LogP contribution is -2.26. The number of aromatic nitrogens is 1. The second-order valence-corrected chi connectivity index (χ2v) is 10.0. The van der Waals surface area contributed by atoms with Crippen LogP contribution in [0.4, 0.5) is 0 Å². The molecule has 0 unspecified atom stereocenters. The third kappa shape index (κ3) is 4.23. The summed E-state index contributed by atoms with van der Waals surface area (Å²) in [4.78, 5) is 12.6. The molecule has 0 aliphatic rings. The summed E-state index contributed by atoms with van der Waals surface area (Å²) < 4.78 is 30.9. The molecule has 1 atom stereocenters. The summed E-state index contributed by atoms with van der Waals surface area (Å²) >= 11 is 1.06. The Morgan fingerprint density at radius 2 is 1.70 bits per heavy atom. The van der Waals surface area contributed by atoms with Gasteiger partial charge in [-0.2, -0.15) is 0 Å². The Bertz CT molecular complexity index is 1340. The van der Waals surface area contributed by atoms with E-state index in [1.165, 1.54) is 0 Å². The van der Waals surface area contributed by atoms with Crippen molar-refractivity contribution in [1.29, 1.82) is 0 Å². The molecule has 0 fully saturated rings. The van der Waals surface area contributed by atoms with Gasteiger partial charge in [0.2, 0.25) is 10.0 Å². The zero-order valence-corrected chi connectivity index (χ0v) is 18.3. The average Bonchev–Trinajstić information content (AvgIpc) is 3.03. The number of fused-ring (bicyclic) bond motifs is 1. The number of rotatable bonds is 6. The Kier molecular flexibility index (Phi) is 5.60. The van der Waals surface area contributed by atoms with Crippen LogP contribution in [0.5, 0.6) is 0 Å². The molecule has 0 spiro atoms. The monoisotopic (exact) mass is 438 g/mol. The Hall–Kier alpha value is -2.74. The van der Waals surface area contributed by atoms with E-state index < -0.39 is 10.0 Å². The lowest BCUT2D eigenvalue weighted by atomic mass is 10.1. The molecule has 1 N–H and O–H groups in total. The molecule has 0 aliphatic carbocycles. The predicted molar refractivity (Wildman–Crippen MR) is 122 cm³/mol. The number of hydrogen-bond donors (Lipinski definition) is 1. The first-order valence-corrected chi connectivity index (χ1v) is 11.9. The highest BCUT2D eigenvalue weighted by molar-refractivity contribution is 7.89. The highest BCUT2D eigenvalue weighted by Gasteiger charge is 2.20. The van der Waals surface area contributed by atoms with Gasteiger partial charge in [-0.3, -0.25) is 9.36 Å². The van der Waals surface area contributed by atoms with Crippen LogP contribution in [0.15, 0.2) is 82.5 Å². The molecule has 5 nitrogen and oxygen atoms in total. The maximum atomic E-state index is 12.9. The number of thiazole rings is 1. The molecule has 30 heavy (non-hydrogen) atoms. The topological polar surface area (TPSA) is 68.2 Å². The second kappa shape index (κ2) is 8.18. The second-order valence-electron chi connectivity index (χ2n) is 7.32. The number of benzene rings is 3. The lowest BCUT2D eigenvalue weighted by Gasteiger charge is -2.15. The van der Waals surface area contributed by atoms with Crippen LogP contribution >= 0.6 is 11.3 Å². The van der Waals surface area contributed by atoms with Crippen molar-refractivity contribution >= 4 is 31.6 Å². The van der Waals surface area contributed by atoms with Crippen LogP contribution in [-0.2, 0) is 16.6 Å². The first-order valence-electron chi connectivity index (χ1n) is 9.60. The first-order chi connectivity index (χ1) is 14.3. The van der Waals surface area contributed by atoms with Gasteiger partial charge < -0.3 is 0 Å². The third-order valence-corrected chi connectivity index (χ3v) is 7.52. The summed E-state index contributed by atoms with van der Waals surface area (Å²) in [6.45, 7) is 4.26. The Morgan fingerprint density at radius 3 is 2.40 bits per heavy atom. The maximum absolute atomic E-state index is 12.9. The van der Waals surface area contributed by atoms with E-state index in [1.54, 1.807) is 22.8 Å². The van der Waals surface area contributed by atoms with E-state index in [9.17, 15) is 13.2 Å². The fourth-order valence-corrected chi connectivity index (χ4v) is 5.62. The Morgan fingerprint density at radius 1 is 1.00 bits per heavy atom. The van der Waals surface area contributed by atoms with Crippen molar-refractivity contribution in [2.45, 2.75) is 31.3 Å². The van der Waals surface area contributed by atoms with Gasteiger partial charge in [0.15, 0.2) is 0 Å². The summed E-state index contributed by atoms with van der Waals surface area (Å²) in [5.41, 5.74) is 3.77. The van der Waals surface area contributed by atoms with E-state index in [1.807, 2.05) is 68.4 Å². The molecule has 4 rings (SSSR count). The van der Waals surface area contributed by atoms with E-state index in [0.29, 0.717) is 11.2 Å². The molecule has 3 aromatic carbocycles. The van der Waals surface area contributed by atoms with Crippen molar-refractivity contribution in [2.24, 2.45) is 0 Å². The maximum Gasteiger partial charge on any atom is 0.308 e. The average molecular weight is 439 g/mol. The molecular formula is C23H22N2O3S2. The summed E-state index contributed by atoms with van der Waals surface area (Å²) in [7, 11) is -3.73. The number of aryl methyl sites for hydroxylation is 1. The Labute approximate surface area is 179 Å².